The number of hydrogen-bond acceptors (Lipinski definition) is 4. The summed E-state index contributed by atoms with van der Waals surface area (Å²) in [4.78, 5) is 13.6. The highest BCUT2D eigenvalue weighted by Crippen LogP contribution is 2.94. The van der Waals surface area contributed by atoms with Gasteiger partial charge in [0.2, 0.25) is 0 Å². The Hall–Kier alpha value is -0.610. The van der Waals surface area contributed by atoms with E-state index in [2.05, 4.69) is 0 Å². The molecule has 0 N–H and O–H groups in total. The summed E-state index contributed by atoms with van der Waals surface area (Å²) in [7, 11) is 1.60. The SMILES string of the molecule is COC(=O)[C@]12[C@H]3[C@@H]4[C@H]5[C@H]6[C@H]7[C@@H](CC[C@@H]7O[C@@]17O[C@@H]1CC[C@@H]([C@H]31)[C@@H]4[C@@H]67)[C@@H]52. The van der Waals surface area contributed by atoms with Gasteiger partial charge in [0.15, 0.2) is 5.79 Å². The van der Waals surface area contributed by atoms with E-state index in [1.807, 2.05) is 0 Å². The molecule has 0 unspecified atom stereocenters. The van der Waals surface area contributed by atoms with Crippen LogP contribution in [0.5, 0.6) is 0 Å². The van der Waals surface area contributed by atoms with Gasteiger partial charge < -0.3 is 14.2 Å². The van der Waals surface area contributed by atoms with E-state index in [9.17, 15) is 4.79 Å². The van der Waals surface area contributed by atoms with Crippen LogP contribution >= 0.6 is 0 Å². The Bertz CT molecular complexity index is 772. The minimum Gasteiger partial charge on any atom is -0.468 e. The largest absolute Gasteiger partial charge is 0.468 e. The Morgan fingerprint density at radius 3 is 2.28 bits per heavy atom. The highest BCUT2D eigenvalue weighted by Gasteiger charge is 2.99. The summed E-state index contributed by atoms with van der Waals surface area (Å²) in [6, 6.07) is 0. The van der Waals surface area contributed by atoms with Crippen LogP contribution in [0.1, 0.15) is 25.7 Å². The Kier molecular flexibility index (Phi) is 1.64. The van der Waals surface area contributed by atoms with Crippen molar-refractivity contribution in [1.29, 1.82) is 0 Å². The molecule has 2 aliphatic heterocycles. The smallest absolute Gasteiger partial charge is 0.317 e. The van der Waals surface area contributed by atoms with Crippen molar-refractivity contribution in [1.82, 2.24) is 0 Å². The van der Waals surface area contributed by atoms with E-state index in [4.69, 9.17) is 14.2 Å². The van der Waals surface area contributed by atoms with E-state index >= 15 is 0 Å². The molecule has 2 saturated heterocycles. The lowest BCUT2D eigenvalue weighted by Crippen LogP contribution is -2.75. The number of rotatable bonds is 1. The van der Waals surface area contributed by atoms with Gasteiger partial charge in [-0.1, -0.05) is 0 Å². The number of carbonyl (C=O) groups is 1. The number of esters is 1. The molecule has 0 aromatic rings. The molecule has 4 nitrogen and oxygen atoms in total. The number of carbonyl (C=O) groups excluding carboxylic acids is 1. The zero-order chi connectivity index (χ0) is 16.0. The van der Waals surface area contributed by atoms with Gasteiger partial charge in [0.1, 0.15) is 5.41 Å². The Balaban J connectivity index is 1.45. The van der Waals surface area contributed by atoms with Crippen molar-refractivity contribution >= 4 is 5.97 Å². The van der Waals surface area contributed by atoms with Gasteiger partial charge in [0.25, 0.3) is 0 Å². The zero-order valence-electron chi connectivity index (χ0n) is 14.5. The third-order valence-corrected chi connectivity index (χ3v) is 11.5. The van der Waals surface area contributed by atoms with Gasteiger partial charge in [-0.05, 0) is 84.9 Å². The Labute approximate surface area is 146 Å². The summed E-state index contributed by atoms with van der Waals surface area (Å²) >= 11 is 0. The minimum absolute atomic E-state index is 0.0381. The van der Waals surface area contributed by atoms with Crippen molar-refractivity contribution < 1.29 is 19.0 Å². The highest BCUT2D eigenvalue weighted by atomic mass is 16.7. The average molecular weight is 340 g/mol. The maximum absolute atomic E-state index is 13.6. The van der Waals surface area contributed by atoms with Crippen molar-refractivity contribution in [2.24, 2.45) is 70.5 Å². The molecule has 4 heteroatoms. The van der Waals surface area contributed by atoms with Gasteiger partial charge in [0, 0.05) is 5.92 Å². The first-order chi connectivity index (χ1) is 12.3. The van der Waals surface area contributed by atoms with E-state index in [1.54, 1.807) is 7.11 Å². The molecule has 10 rings (SSSR count). The van der Waals surface area contributed by atoms with Crippen LogP contribution in [0.15, 0.2) is 0 Å². The predicted octanol–water partition coefficient (Wildman–Crippen LogP) is 2.07. The van der Waals surface area contributed by atoms with Crippen LogP contribution in [0, 0.1) is 70.5 Å². The minimum atomic E-state index is -0.610. The molecule has 10 fully saturated rings. The molecule has 8 saturated carbocycles. The summed E-state index contributed by atoms with van der Waals surface area (Å²) in [5.41, 5.74) is -0.455. The number of hydrogen-bond donors (Lipinski definition) is 0. The molecule has 0 aromatic heterocycles. The standard InChI is InChI=1S/C21H24O4/c1-23-19(22)20-16-7-3-5-8-10(7)13-15(16)14-12-6-2-4-9(11(6)17(14)20)25-21(20,24-8)18(12)13/h6-18H,2-5H2,1H3/t6-,7+,8-,9+,10-,11-,12-,13+,14-,15+,16-,17+,18-,20-,21-/m0/s1. The van der Waals surface area contributed by atoms with Gasteiger partial charge >= 0.3 is 5.97 Å². The summed E-state index contributed by atoms with van der Waals surface area (Å²) in [5.74, 6) is 6.98. The van der Waals surface area contributed by atoms with Crippen LogP contribution in [0.3, 0.4) is 0 Å². The number of ether oxygens (including phenoxy) is 3. The molecule has 0 radical (unpaired) electrons. The van der Waals surface area contributed by atoms with E-state index in [-0.39, 0.29) is 5.97 Å². The summed E-state index contributed by atoms with van der Waals surface area (Å²) in [6.07, 6.45) is 5.71. The molecule has 9 bridgehead atoms. The van der Waals surface area contributed by atoms with Crippen molar-refractivity contribution in [3.8, 4) is 0 Å². The Morgan fingerprint density at radius 2 is 1.48 bits per heavy atom. The molecule has 8 aliphatic carbocycles. The molecule has 132 valence electrons. The summed E-state index contributed by atoms with van der Waals surface area (Å²) in [6.45, 7) is 0. The lowest BCUT2D eigenvalue weighted by Gasteiger charge is -2.64. The van der Waals surface area contributed by atoms with Crippen LogP contribution in [-0.4, -0.2) is 31.1 Å². The fraction of sp³-hybridized carbons (Fsp3) is 0.952. The van der Waals surface area contributed by atoms with Gasteiger partial charge in [-0.2, -0.15) is 0 Å². The fourth-order valence-electron chi connectivity index (χ4n) is 12.1. The monoisotopic (exact) mass is 340 g/mol. The molecule has 0 amide bonds. The van der Waals surface area contributed by atoms with Gasteiger partial charge in [-0.25, -0.2) is 0 Å². The van der Waals surface area contributed by atoms with Crippen molar-refractivity contribution in [3.63, 3.8) is 0 Å². The van der Waals surface area contributed by atoms with Crippen LogP contribution < -0.4 is 0 Å². The first-order valence-electron chi connectivity index (χ1n) is 10.7. The third kappa shape index (κ3) is 0.818. The first-order valence-corrected chi connectivity index (χ1v) is 10.7. The normalized spacial score (nSPS) is 78.5. The summed E-state index contributed by atoms with van der Waals surface area (Å²) in [5, 5.41) is 0. The van der Waals surface area contributed by atoms with Crippen LogP contribution in [0.4, 0.5) is 0 Å². The average Bonchev–Trinajstić information content (AvgIpc) is 3.32. The van der Waals surface area contributed by atoms with Crippen molar-refractivity contribution in [2.45, 2.75) is 43.7 Å². The molecule has 15 atom stereocenters. The molecular weight excluding hydrogens is 316 g/mol. The molecule has 25 heavy (non-hydrogen) atoms. The quantitative estimate of drug-likeness (QED) is 0.686. The topological polar surface area (TPSA) is 44.8 Å². The second kappa shape index (κ2) is 3.22. The predicted molar refractivity (Wildman–Crippen MR) is 83.8 cm³/mol. The third-order valence-electron chi connectivity index (χ3n) is 11.5. The fourth-order valence-corrected chi connectivity index (χ4v) is 12.1. The highest BCUT2D eigenvalue weighted by molar-refractivity contribution is 5.82. The first kappa shape index (κ1) is 12.7. The van der Waals surface area contributed by atoms with E-state index in [0.717, 1.165) is 35.5 Å². The zero-order valence-corrected chi connectivity index (χ0v) is 14.5. The van der Waals surface area contributed by atoms with Crippen molar-refractivity contribution in [3.05, 3.63) is 0 Å². The second-order valence-corrected chi connectivity index (χ2v) is 10.9. The maximum Gasteiger partial charge on any atom is 0.317 e. The summed E-state index contributed by atoms with van der Waals surface area (Å²) < 4.78 is 19.6. The van der Waals surface area contributed by atoms with E-state index in [0.29, 0.717) is 41.8 Å². The van der Waals surface area contributed by atoms with Gasteiger partial charge in [0.05, 0.1) is 19.3 Å². The number of methoxy groups -OCH3 is 1. The van der Waals surface area contributed by atoms with Crippen LogP contribution in [0.2, 0.25) is 0 Å². The van der Waals surface area contributed by atoms with Crippen LogP contribution in [-0.2, 0) is 19.0 Å². The molecule has 1 spiro atoms. The van der Waals surface area contributed by atoms with E-state index in [1.165, 1.54) is 25.7 Å². The molecular formula is C21H24O4. The molecule has 10 aliphatic rings. The lowest BCUT2D eigenvalue weighted by atomic mass is 9.51. The molecule has 2 heterocycles. The van der Waals surface area contributed by atoms with E-state index < -0.39 is 11.2 Å². The Morgan fingerprint density at radius 1 is 0.800 bits per heavy atom. The van der Waals surface area contributed by atoms with Crippen molar-refractivity contribution in [2.75, 3.05) is 7.11 Å². The molecule has 0 aromatic carbocycles. The van der Waals surface area contributed by atoms with Gasteiger partial charge in [-0.15, -0.1) is 0 Å². The maximum atomic E-state index is 13.6. The lowest BCUT2D eigenvalue weighted by molar-refractivity contribution is -0.420. The van der Waals surface area contributed by atoms with Gasteiger partial charge in [-0.3, -0.25) is 4.79 Å². The van der Waals surface area contributed by atoms with Crippen LogP contribution in [0.25, 0.3) is 0 Å². The second-order valence-electron chi connectivity index (χ2n) is 10.9.